The number of amides is 1. The summed E-state index contributed by atoms with van der Waals surface area (Å²) >= 11 is 0. The van der Waals surface area contributed by atoms with E-state index in [-0.39, 0.29) is 6.07 Å². The van der Waals surface area contributed by atoms with E-state index in [2.05, 4.69) is 10.1 Å². The Hall–Kier alpha value is -3.45. The predicted molar refractivity (Wildman–Crippen MR) is 88.8 cm³/mol. The quantitative estimate of drug-likeness (QED) is 0.569. The second-order valence-electron chi connectivity index (χ2n) is 6.62. The highest BCUT2D eigenvalue weighted by Crippen LogP contribution is 2.38. The summed E-state index contributed by atoms with van der Waals surface area (Å²) in [5, 5.41) is 12.4. The summed E-state index contributed by atoms with van der Waals surface area (Å²) in [5.41, 5.74) is -6.16. The molecule has 1 aromatic heterocycles. The standard InChI is InChI=1S/C17H11F7N4O3/c18-15(14(30)31)6-27(7-15)12(29)1-2-28-8-25-13(26-28)9-3-10(16(19,20)21)5-11(4-9)17(22,23)24/h1-5,8H,6-7H2,(H,30,31)/b2-1+. The van der Waals surface area contributed by atoms with Gasteiger partial charge in [-0.15, -0.1) is 5.10 Å². The molecule has 0 atom stereocenters. The molecule has 1 aromatic carbocycles. The van der Waals surface area contributed by atoms with Crippen molar-refractivity contribution in [3.05, 3.63) is 41.7 Å². The minimum atomic E-state index is -5.04. The smallest absolute Gasteiger partial charge is 0.416 e. The van der Waals surface area contributed by atoms with Crippen LogP contribution in [-0.4, -0.2) is 55.4 Å². The first kappa shape index (κ1) is 22.2. The molecule has 7 nitrogen and oxygen atoms in total. The molecule has 0 unspecified atom stereocenters. The lowest BCUT2D eigenvalue weighted by Gasteiger charge is -2.40. The summed E-state index contributed by atoms with van der Waals surface area (Å²) in [6.07, 6.45) is -7.30. The van der Waals surface area contributed by atoms with Crippen molar-refractivity contribution >= 4 is 18.1 Å². The monoisotopic (exact) mass is 452 g/mol. The zero-order valence-corrected chi connectivity index (χ0v) is 15.1. The normalized spacial score (nSPS) is 16.4. The zero-order chi connectivity index (χ0) is 23.2. The van der Waals surface area contributed by atoms with Gasteiger partial charge in [0.15, 0.2) is 5.82 Å². The van der Waals surface area contributed by atoms with Gasteiger partial charge < -0.3 is 10.0 Å². The van der Waals surface area contributed by atoms with E-state index in [9.17, 15) is 40.3 Å². The molecule has 0 spiro atoms. The van der Waals surface area contributed by atoms with Crippen LogP contribution in [0.25, 0.3) is 17.6 Å². The van der Waals surface area contributed by atoms with Gasteiger partial charge in [0.25, 0.3) is 0 Å². The molecule has 31 heavy (non-hydrogen) atoms. The Bertz CT molecular complexity index is 1020. The van der Waals surface area contributed by atoms with Crippen molar-refractivity contribution in [2.24, 2.45) is 0 Å². The minimum Gasteiger partial charge on any atom is -0.479 e. The Morgan fingerprint density at radius 1 is 1.03 bits per heavy atom. The number of carboxylic acid groups (broad SMARTS) is 1. The summed E-state index contributed by atoms with van der Waals surface area (Å²) in [6, 6.07) is 0.876. The van der Waals surface area contributed by atoms with Gasteiger partial charge in [0.2, 0.25) is 11.6 Å². The molecule has 1 saturated heterocycles. The molecular formula is C17H11F7N4O3. The number of aliphatic carboxylic acids is 1. The van der Waals surface area contributed by atoms with Gasteiger partial charge in [0.05, 0.1) is 24.2 Å². The summed E-state index contributed by atoms with van der Waals surface area (Å²) in [7, 11) is 0. The fourth-order valence-corrected chi connectivity index (χ4v) is 2.66. The van der Waals surface area contributed by atoms with Crippen LogP contribution in [-0.2, 0) is 21.9 Å². The third-order valence-electron chi connectivity index (χ3n) is 4.30. The molecule has 0 bridgehead atoms. The molecule has 1 fully saturated rings. The van der Waals surface area contributed by atoms with Gasteiger partial charge in [0.1, 0.15) is 6.33 Å². The number of benzene rings is 1. The van der Waals surface area contributed by atoms with Gasteiger partial charge in [-0.25, -0.2) is 18.9 Å². The van der Waals surface area contributed by atoms with Crippen LogP contribution in [0.1, 0.15) is 11.1 Å². The molecule has 0 radical (unpaired) electrons. The number of likely N-dealkylation sites (tertiary alicyclic amines) is 1. The first-order valence-electron chi connectivity index (χ1n) is 8.29. The Kier molecular flexibility index (Phi) is 5.28. The van der Waals surface area contributed by atoms with Crippen LogP contribution in [0.15, 0.2) is 30.6 Å². The van der Waals surface area contributed by atoms with Crippen molar-refractivity contribution in [3.63, 3.8) is 0 Å². The summed E-state index contributed by atoms with van der Waals surface area (Å²) in [4.78, 5) is 27.0. The van der Waals surface area contributed by atoms with Gasteiger partial charge in [0, 0.05) is 17.8 Å². The van der Waals surface area contributed by atoms with E-state index in [0.717, 1.165) is 28.2 Å². The highest BCUT2D eigenvalue weighted by Gasteiger charge is 2.51. The number of carbonyl (C=O) groups is 2. The highest BCUT2D eigenvalue weighted by atomic mass is 19.4. The van der Waals surface area contributed by atoms with Gasteiger partial charge in [-0.3, -0.25) is 4.79 Å². The fraction of sp³-hybridized carbons (Fsp3) is 0.294. The molecule has 1 aliphatic rings. The minimum absolute atomic E-state index is 0.0336. The fourth-order valence-electron chi connectivity index (χ4n) is 2.66. The molecule has 1 N–H and O–H groups in total. The van der Waals surface area contributed by atoms with Crippen molar-refractivity contribution in [1.82, 2.24) is 19.7 Å². The second kappa shape index (κ2) is 7.35. The van der Waals surface area contributed by atoms with E-state index >= 15 is 0 Å². The number of carboxylic acids is 1. The number of hydrogen-bond acceptors (Lipinski definition) is 4. The molecule has 14 heteroatoms. The van der Waals surface area contributed by atoms with Crippen molar-refractivity contribution < 1.29 is 45.4 Å². The molecule has 3 rings (SSSR count). The molecule has 0 saturated carbocycles. The highest BCUT2D eigenvalue weighted by molar-refractivity contribution is 5.93. The number of hydrogen-bond donors (Lipinski definition) is 1. The summed E-state index contributed by atoms with van der Waals surface area (Å²) in [6.45, 7) is -1.34. The van der Waals surface area contributed by atoms with Crippen LogP contribution in [0.5, 0.6) is 0 Å². The molecule has 166 valence electrons. The van der Waals surface area contributed by atoms with Crippen LogP contribution in [0.3, 0.4) is 0 Å². The lowest BCUT2D eigenvalue weighted by molar-refractivity contribution is -0.167. The van der Waals surface area contributed by atoms with Crippen molar-refractivity contribution in [2.75, 3.05) is 13.1 Å². The number of alkyl halides is 7. The van der Waals surface area contributed by atoms with E-state index in [1.54, 1.807) is 0 Å². The van der Waals surface area contributed by atoms with E-state index in [1.807, 2.05) is 0 Å². The number of halogens is 7. The molecule has 2 aromatic rings. The lowest BCUT2D eigenvalue weighted by atomic mass is 9.96. The average molecular weight is 452 g/mol. The van der Waals surface area contributed by atoms with E-state index in [4.69, 9.17) is 5.11 Å². The average Bonchev–Trinajstić information content (AvgIpc) is 3.10. The first-order valence-corrected chi connectivity index (χ1v) is 8.29. The third kappa shape index (κ3) is 4.67. The van der Waals surface area contributed by atoms with Gasteiger partial charge in [-0.1, -0.05) is 0 Å². The second-order valence-corrected chi connectivity index (χ2v) is 6.62. The zero-order valence-electron chi connectivity index (χ0n) is 15.1. The van der Waals surface area contributed by atoms with Crippen molar-refractivity contribution in [3.8, 4) is 11.4 Å². The van der Waals surface area contributed by atoms with Crippen molar-refractivity contribution in [1.29, 1.82) is 0 Å². The number of aromatic nitrogens is 3. The maximum Gasteiger partial charge on any atom is 0.416 e. The van der Waals surface area contributed by atoms with Crippen LogP contribution >= 0.6 is 0 Å². The largest absolute Gasteiger partial charge is 0.479 e. The topological polar surface area (TPSA) is 88.3 Å². The van der Waals surface area contributed by atoms with Crippen LogP contribution in [0, 0.1) is 0 Å². The number of rotatable bonds is 4. The molecule has 1 amide bonds. The maximum atomic E-state index is 13.6. The van der Waals surface area contributed by atoms with E-state index < -0.39 is 65.5 Å². The Morgan fingerprint density at radius 3 is 2.06 bits per heavy atom. The molecular weight excluding hydrogens is 441 g/mol. The summed E-state index contributed by atoms with van der Waals surface area (Å²) in [5.74, 6) is -2.95. The Balaban J connectivity index is 1.80. The maximum absolute atomic E-state index is 13.6. The Labute approximate surface area is 168 Å². The SMILES string of the molecule is O=C(/C=C/n1cnc(-c2cc(C(F)(F)F)cc(C(F)(F)F)c2)n1)N1CC(F)(C(=O)O)C1. The van der Waals surface area contributed by atoms with Gasteiger partial charge in [-0.05, 0) is 18.2 Å². The Morgan fingerprint density at radius 2 is 1.58 bits per heavy atom. The number of carbonyl (C=O) groups excluding carboxylic acids is 1. The van der Waals surface area contributed by atoms with Gasteiger partial charge >= 0.3 is 18.3 Å². The van der Waals surface area contributed by atoms with Gasteiger partial charge in [-0.2, -0.15) is 26.3 Å². The summed E-state index contributed by atoms with van der Waals surface area (Å²) < 4.78 is 92.2. The lowest BCUT2D eigenvalue weighted by Crippen LogP contribution is -2.64. The first-order chi connectivity index (χ1) is 14.2. The number of nitrogens with zero attached hydrogens (tertiary/aromatic N) is 4. The van der Waals surface area contributed by atoms with E-state index in [1.165, 1.54) is 0 Å². The van der Waals surface area contributed by atoms with E-state index in [0.29, 0.717) is 12.1 Å². The molecule has 2 heterocycles. The van der Waals surface area contributed by atoms with Crippen molar-refractivity contribution in [2.45, 2.75) is 18.0 Å². The van der Waals surface area contributed by atoms with Crippen LogP contribution in [0.2, 0.25) is 0 Å². The third-order valence-corrected chi connectivity index (χ3v) is 4.30. The van der Waals surface area contributed by atoms with Crippen LogP contribution < -0.4 is 0 Å². The molecule has 0 aliphatic carbocycles. The predicted octanol–water partition coefficient (Wildman–Crippen LogP) is 3.09. The molecule has 1 aliphatic heterocycles. The van der Waals surface area contributed by atoms with Crippen LogP contribution in [0.4, 0.5) is 30.7 Å².